The summed E-state index contributed by atoms with van der Waals surface area (Å²) in [6.07, 6.45) is 3.17. The van der Waals surface area contributed by atoms with Crippen LogP contribution in [0, 0.1) is 0 Å². The van der Waals surface area contributed by atoms with Crippen LogP contribution in [-0.2, 0) is 23.8 Å². The van der Waals surface area contributed by atoms with Gasteiger partial charge in [0.05, 0.1) is 5.56 Å². The van der Waals surface area contributed by atoms with Crippen LogP contribution in [0.15, 0.2) is 73.3 Å². The lowest BCUT2D eigenvalue weighted by Crippen LogP contribution is -2.40. The maximum atomic E-state index is 13.6. The lowest BCUT2D eigenvalue weighted by Gasteiger charge is -2.22. The predicted molar refractivity (Wildman–Crippen MR) is 111 cm³/mol. The fourth-order valence-corrected chi connectivity index (χ4v) is 3.24. The van der Waals surface area contributed by atoms with E-state index in [0.717, 1.165) is 17.2 Å². The highest BCUT2D eigenvalue weighted by Gasteiger charge is 2.36. The van der Waals surface area contributed by atoms with E-state index in [0.29, 0.717) is 25.9 Å². The van der Waals surface area contributed by atoms with Crippen LogP contribution in [-0.4, -0.2) is 29.0 Å². The summed E-state index contributed by atoms with van der Waals surface area (Å²) in [5.41, 5.74) is 0.991. The van der Waals surface area contributed by atoms with E-state index in [1.54, 1.807) is 30.9 Å². The van der Waals surface area contributed by atoms with Gasteiger partial charge in [-0.25, -0.2) is 0 Å². The summed E-state index contributed by atoms with van der Waals surface area (Å²) in [5, 5.41) is 5.75. The third-order valence-corrected chi connectivity index (χ3v) is 4.79. The molecule has 0 spiro atoms. The lowest BCUT2D eigenvalue weighted by molar-refractivity contribution is -0.138. The van der Waals surface area contributed by atoms with Crippen LogP contribution < -0.4 is 10.6 Å². The zero-order valence-corrected chi connectivity index (χ0v) is 16.8. The third kappa shape index (κ3) is 6.62. The summed E-state index contributed by atoms with van der Waals surface area (Å²) in [7, 11) is 0. The Hall–Kier alpha value is -3.26. The molecule has 0 bridgehead atoms. The van der Waals surface area contributed by atoms with E-state index < -0.39 is 23.7 Å². The number of carbonyl (C=O) groups excluding carboxylic acids is 1. The Morgan fingerprint density at radius 2 is 1.61 bits per heavy atom. The predicted octanol–water partition coefficient (Wildman–Crippen LogP) is 3.73. The van der Waals surface area contributed by atoms with Crippen molar-refractivity contribution in [1.29, 1.82) is 0 Å². The Labute approximate surface area is 178 Å². The molecule has 1 unspecified atom stereocenters. The molecule has 0 aliphatic heterocycles. The number of alkyl halides is 3. The van der Waals surface area contributed by atoms with Crippen molar-refractivity contribution in [2.45, 2.75) is 25.1 Å². The highest BCUT2D eigenvalue weighted by atomic mass is 19.4. The summed E-state index contributed by atoms with van der Waals surface area (Å²) in [5.74, 6) is -0.504. The molecule has 0 saturated carbocycles. The zero-order chi connectivity index (χ0) is 22.1. The summed E-state index contributed by atoms with van der Waals surface area (Å²) < 4.78 is 40.7. The van der Waals surface area contributed by atoms with Crippen LogP contribution in [0.2, 0.25) is 0 Å². The van der Waals surface area contributed by atoms with Crippen LogP contribution >= 0.6 is 0 Å². The van der Waals surface area contributed by atoms with E-state index in [9.17, 15) is 18.0 Å². The van der Waals surface area contributed by atoms with Crippen molar-refractivity contribution in [2.24, 2.45) is 0 Å². The van der Waals surface area contributed by atoms with Crippen molar-refractivity contribution in [1.82, 2.24) is 20.6 Å². The molecule has 1 amide bonds. The molecule has 0 radical (unpaired) electrons. The molecule has 162 valence electrons. The van der Waals surface area contributed by atoms with Gasteiger partial charge < -0.3 is 10.6 Å². The van der Waals surface area contributed by atoms with Crippen molar-refractivity contribution in [2.75, 3.05) is 13.1 Å². The zero-order valence-electron chi connectivity index (χ0n) is 16.8. The van der Waals surface area contributed by atoms with Gasteiger partial charge in [0, 0.05) is 37.9 Å². The van der Waals surface area contributed by atoms with Crippen molar-refractivity contribution in [3.8, 4) is 0 Å². The molecule has 2 heterocycles. The molecule has 3 aromatic rings. The second kappa shape index (κ2) is 10.7. The van der Waals surface area contributed by atoms with Crippen molar-refractivity contribution in [3.63, 3.8) is 0 Å². The number of carbonyl (C=O) groups is 1. The molecular weight excluding hydrogens is 405 g/mol. The van der Waals surface area contributed by atoms with Crippen LogP contribution in [0.25, 0.3) is 0 Å². The van der Waals surface area contributed by atoms with E-state index in [1.165, 1.54) is 18.2 Å². The van der Waals surface area contributed by atoms with Gasteiger partial charge in [0.25, 0.3) is 0 Å². The standard InChI is InChI=1S/C23H23F3N4O/c24-23(25,26)20-6-2-1-5-19(20)21(29-14-9-17-7-12-27-13-8-17)22(31)30-15-10-18-4-3-11-28-16-18/h1-8,11-13,16,21,29H,9-10,14-15H2,(H,30,31). The molecule has 2 aromatic heterocycles. The number of amides is 1. The monoisotopic (exact) mass is 428 g/mol. The van der Waals surface area contributed by atoms with Gasteiger partial charge in [-0.2, -0.15) is 13.2 Å². The Bertz CT molecular complexity index is 965. The van der Waals surface area contributed by atoms with E-state index in [1.807, 2.05) is 18.2 Å². The normalized spacial score (nSPS) is 12.4. The Kier molecular flexibility index (Phi) is 7.72. The van der Waals surface area contributed by atoms with Crippen LogP contribution in [0.1, 0.15) is 28.3 Å². The maximum absolute atomic E-state index is 13.6. The molecule has 3 rings (SSSR count). The molecule has 0 aliphatic rings. The quantitative estimate of drug-likeness (QED) is 0.545. The smallest absolute Gasteiger partial charge is 0.354 e. The number of rotatable bonds is 9. The molecule has 0 aliphatic carbocycles. The largest absolute Gasteiger partial charge is 0.416 e. The van der Waals surface area contributed by atoms with Crippen LogP contribution in [0.3, 0.4) is 0 Å². The molecule has 31 heavy (non-hydrogen) atoms. The fraction of sp³-hybridized carbons (Fsp3) is 0.261. The summed E-state index contributed by atoms with van der Waals surface area (Å²) in [6, 6.07) is 11.4. The van der Waals surface area contributed by atoms with E-state index >= 15 is 0 Å². The average molecular weight is 428 g/mol. The molecule has 5 nitrogen and oxygen atoms in total. The molecule has 8 heteroatoms. The Balaban J connectivity index is 1.73. The number of benzene rings is 1. The number of aromatic nitrogens is 2. The van der Waals surface area contributed by atoms with Crippen molar-refractivity contribution in [3.05, 3.63) is 95.6 Å². The van der Waals surface area contributed by atoms with Gasteiger partial charge in [0.15, 0.2) is 0 Å². The van der Waals surface area contributed by atoms with E-state index in [-0.39, 0.29) is 5.56 Å². The minimum absolute atomic E-state index is 0.0939. The number of hydrogen-bond donors (Lipinski definition) is 2. The summed E-state index contributed by atoms with van der Waals surface area (Å²) in [6.45, 7) is 0.623. The number of halogens is 3. The van der Waals surface area contributed by atoms with E-state index in [4.69, 9.17) is 0 Å². The summed E-state index contributed by atoms with van der Waals surface area (Å²) >= 11 is 0. The van der Waals surface area contributed by atoms with Gasteiger partial charge in [0.1, 0.15) is 6.04 Å². The highest BCUT2D eigenvalue weighted by molar-refractivity contribution is 5.83. The first-order valence-electron chi connectivity index (χ1n) is 9.90. The van der Waals surface area contributed by atoms with Gasteiger partial charge in [0.2, 0.25) is 5.91 Å². The van der Waals surface area contributed by atoms with Gasteiger partial charge >= 0.3 is 6.18 Å². The molecule has 0 fully saturated rings. The number of pyridine rings is 2. The minimum atomic E-state index is -4.56. The Morgan fingerprint density at radius 3 is 2.32 bits per heavy atom. The number of nitrogens with zero attached hydrogens (tertiary/aromatic N) is 2. The third-order valence-electron chi connectivity index (χ3n) is 4.79. The SMILES string of the molecule is O=C(NCCc1cccnc1)C(NCCc1ccncc1)c1ccccc1C(F)(F)F. The molecule has 2 N–H and O–H groups in total. The fourth-order valence-electron chi connectivity index (χ4n) is 3.24. The first-order valence-corrected chi connectivity index (χ1v) is 9.90. The van der Waals surface area contributed by atoms with Crippen LogP contribution in [0.4, 0.5) is 13.2 Å². The highest BCUT2D eigenvalue weighted by Crippen LogP contribution is 2.34. The van der Waals surface area contributed by atoms with Gasteiger partial charge in [-0.05, 0) is 53.8 Å². The van der Waals surface area contributed by atoms with Gasteiger partial charge in [-0.1, -0.05) is 24.3 Å². The second-order valence-corrected chi connectivity index (χ2v) is 6.98. The maximum Gasteiger partial charge on any atom is 0.416 e. The van der Waals surface area contributed by atoms with Gasteiger partial charge in [-0.15, -0.1) is 0 Å². The lowest BCUT2D eigenvalue weighted by atomic mass is 9.98. The summed E-state index contributed by atoms with van der Waals surface area (Å²) in [4.78, 5) is 20.9. The van der Waals surface area contributed by atoms with Crippen LogP contribution in [0.5, 0.6) is 0 Å². The molecular formula is C23H23F3N4O. The Morgan fingerprint density at radius 1 is 0.871 bits per heavy atom. The molecule has 1 aromatic carbocycles. The molecule has 0 saturated heterocycles. The van der Waals surface area contributed by atoms with Gasteiger partial charge in [-0.3, -0.25) is 14.8 Å². The average Bonchev–Trinajstić information content (AvgIpc) is 2.77. The second-order valence-electron chi connectivity index (χ2n) is 6.98. The van der Waals surface area contributed by atoms with Crippen molar-refractivity contribution < 1.29 is 18.0 Å². The number of nitrogens with one attached hydrogen (secondary N) is 2. The number of hydrogen-bond acceptors (Lipinski definition) is 4. The van der Waals surface area contributed by atoms with E-state index in [2.05, 4.69) is 20.6 Å². The minimum Gasteiger partial charge on any atom is -0.354 e. The van der Waals surface area contributed by atoms with Crippen molar-refractivity contribution >= 4 is 5.91 Å². The first kappa shape index (κ1) is 22.4. The molecule has 1 atom stereocenters. The topological polar surface area (TPSA) is 66.9 Å². The first-order chi connectivity index (χ1) is 14.9.